The van der Waals surface area contributed by atoms with Crippen molar-refractivity contribution < 1.29 is 13.6 Å². The first-order valence-corrected chi connectivity index (χ1v) is 10.2. The maximum absolute atomic E-state index is 13.8. The van der Waals surface area contributed by atoms with Crippen LogP contribution in [-0.2, 0) is 10.7 Å². The predicted molar refractivity (Wildman–Crippen MR) is 121 cm³/mol. The van der Waals surface area contributed by atoms with Crippen molar-refractivity contribution in [2.45, 2.75) is 39.7 Å². The fraction of sp³-hybridized carbons (Fsp3) is 0.364. The topological polar surface area (TPSA) is 109 Å². The summed E-state index contributed by atoms with van der Waals surface area (Å²) in [6.07, 6.45) is 4.82. The molecular weight excluding hydrogens is 430 g/mol. The predicted octanol–water partition coefficient (Wildman–Crippen LogP) is 4.07. The number of aryl methyl sites for hydroxylation is 1. The summed E-state index contributed by atoms with van der Waals surface area (Å²) in [5, 5.41) is 5.65. The molecule has 1 amide bonds. The molecule has 0 radical (unpaired) electrons. The summed E-state index contributed by atoms with van der Waals surface area (Å²) in [7, 11) is 3.90. The van der Waals surface area contributed by atoms with Gasteiger partial charge in [0.1, 0.15) is 11.6 Å². The lowest BCUT2D eigenvalue weighted by molar-refractivity contribution is -0.114. The molecule has 2 N–H and O–H groups in total. The fourth-order valence-corrected chi connectivity index (χ4v) is 2.94. The highest BCUT2D eigenvalue weighted by Crippen LogP contribution is 2.32. The first-order chi connectivity index (χ1) is 15.4. The minimum atomic E-state index is -3.20. The van der Waals surface area contributed by atoms with Gasteiger partial charge in [0.05, 0.1) is 35.5 Å². The number of amides is 1. The third kappa shape index (κ3) is 6.01. The number of hydrogen-bond donors (Lipinski definition) is 2. The summed E-state index contributed by atoms with van der Waals surface area (Å²) in [5.74, 6) is -3.63. The zero-order valence-electron chi connectivity index (χ0n) is 19.3. The van der Waals surface area contributed by atoms with Gasteiger partial charge < -0.3 is 15.5 Å². The summed E-state index contributed by atoms with van der Waals surface area (Å²) in [6.45, 7) is 5.72. The molecule has 3 aromatic rings. The molecule has 0 saturated heterocycles. The van der Waals surface area contributed by atoms with Crippen molar-refractivity contribution in [3.63, 3.8) is 0 Å². The van der Waals surface area contributed by atoms with Gasteiger partial charge in [0.15, 0.2) is 0 Å². The van der Waals surface area contributed by atoms with Crippen molar-refractivity contribution >= 4 is 23.2 Å². The number of carbonyl (C=O) groups is 1. The summed E-state index contributed by atoms with van der Waals surface area (Å²) in [5.41, 5.74) is 2.70. The molecule has 3 aromatic heterocycles. The number of carbonyl (C=O) groups excluding carboxylic acids is 1. The van der Waals surface area contributed by atoms with E-state index in [4.69, 9.17) is 0 Å². The van der Waals surface area contributed by atoms with Crippen LogP contribution in [0, 0.1) is 6.92 Å². The van der Waals surface area contributed by atoms with Crippen LogP contribution in [0.1, 0.15) is 44.0 Å². The van der Waals surface area contributed by atoms with Gasteiger partial charge in [-0.25, -0.2) is 15.0 Å². The van der Waals surface area contributed by atoms with Gasteiger partial charge >= 0.3 is 5.92 Å². The summed E-state index contributed by atoms with van der Waals surface area (Å²) in [6, 6.07) is 3.20. The summed E-state index contributed by atoms with van der Waals surface area (Å²) >= 11 is 0. The molecule has 1 atom stereocenters. The number of pyridine rings is 1. The molecule has 1 unspecified atom stereocenters. The van der Waals surface area contributed by atoms with E-state index in [1.54, 1.807) is 31.5 Å². The zero-order valence-corrected chi connectivity index (χ0v) is 19.3. The Hall–Kier alpha value is -3.60. The molecule has 0 aliphatic rings. The van der Waals surface area contributed by atoms with Gasteiger partial charge in [-0.3, -0.25) is 14.8 Å². The van der Waals surface area contributed by atoms with E-state index in [9.17, 15) is 13.6 Å². The molecule has 11 heteroatoms. The largest absolute Gasteiger partial charge is 0.339 e. The average molecular weight is 457 g/mol. The van der Waals surface area contributed by atoms with Gasteiger partial charge in [-0.05, 0) is 27.9 Å². The fourth-order valence-electron chi connectivity index (χ4n) is 2.94. The molecule has 174 valence electrons. The van der Waals surface area contributed by atoms with E-state index in [2.05, 4.69) is 35.6 Å². The van der Waals surface area contributed by atoms with Gasteiger partial charge in [-0.15, -0.1) is 0 Å². The highest BCUT2D eigenvalue weighted by molar-refractivity contribution is 5.89. The highest BCUT2D eigenvalue weighted by Gasteiger charge is 2.29. The Bertz CT molecular complexity index is 1150. The summed E-state index contributed by atoms with van der Waals surface area (Å²) < 4.78 is 27.7. The van der Waals surface area contributed by atoms with Crippen LogP contribution in [0.25, 0.3) is 11.3 Å². The third-order valence-corrected chi connectivity index (χ3v) is 4.87. The lowest BCUT2D eigenvalue weighted by atomic mass is 10.1. The van der Waals surface area contributed by atoms with Crippen molar-refractivity contribution in [1.29, 1.82) is 0 Å². The molecule has 33 heavy (non-hydrogen) atoms. The maximum atomic E-state index is 13.8. The quantitative estimate of drug-likeness (QED) is 0.548. The second kappa shape index (κ2) is 9.49. The normalized spacial score (nSPS) is 12.5. The van der Waals surface area contributed by atoms with E-state index in [0.29, 0.717) is 22.6 Å². The van der Waals surface area contributed by atoms with E-state index in [1.165, 1.54) is 13.1 Å². The number of rotatable bonds is 7. The van der Waals surface area contributed by atoms with Crippen molar-refractivity contribution in [3.8, 4) is 11.3 Å². The second-order valence-corrected chi connectivity index (χ2v) is 7.99. The Morgan fingerprint density at radius 2 is 1.79 bits per heavy atom. The van der Waals surface area contributed by atoms with Crippen LogP contribution in [-0.4, -0.2) is 49.8 Å². The molecule has 3 heterocycles. The van der Waals surface area contributed by atoms with Gasteiger partial charge in [-0.2, -0.15) is 8.78 Å². The van der Waals surface area contributed by atoms with Gasteiger partial charge in [-0.1, -0.05) is 0 Å². The van der Waals surface area contributed by atoms with E-state index in [-0.39, 0.29) is 23.6 Å². The minimum absolute atomic E-state index is 0.0718. The lowest BCUT2D eigenvalue weighted by Crippen LogP contribution is -2.18. The number of nitrogens with zero attached hydrogens (tertiary/aromatic N) is 6. The Morgan fingerprint density at radius 3 is 2.36 bits per heavy atom. The Kier molecular flexibility index (Phi) is 6.92. The smallest absolute Gasteiger partial charge is 0.303 e. The second-order valence-electron chi connectivity index (χ2n) is 7.99. The molecule has 0 aliphatic carbocycles. The van der Waals surface area contributed by atoms with Crippen LogP contribution in [0.2, 0.25) is 0 Å². The molecule has 0 aliphatic heterocycles. The van der Waals surface area contributed by atoms with Crippen LogP contribution in [0.15, 0.2) is 30.7 Å². The monoisotopic (exact) mass is 456 g/mol. The number of alkyl halides is 2. The zero-order chi connectivity index (χ0) is 24.3. The van der Waals surface area contributed by atoms with E-state index >= 15 is 0 Å². The molecule has 0 saturated carbocycles. The average Bonchev–Trinajstić information content (AvgIpc) is 2.72. The number of anilines is 3. The number of halogens is 2. The van der Waals surface area contributed by atoms with Crippen LogP contribution in [0.5, 0.6) is 0 Å². The molecule has 9 nitrogen and oxygen atoms in total. The van der Waals surface area contributed by atoms with E-state index in [1.807, 2.05) is 25.9 Å². The molecule has 0 fully saturated rings. The van der Waals surface area contributed by atoms with Crippen molar-refractivity contribution in [1.82, 2.24) is 29.8 Å². The van der Waals surface area contributed by atoms with Crippen LogP contribution < -0.4 is 10.6 Å². The SMILES string of the molecule is CC(=O)Nc1cc(Nc2cc(C)nc(C(C)(F)F)n2)c(-c2cnc(C(C)N(C)C)cn2)cn1. The molecule has 0 aromatic carbocycles. The Morgan fingerprint density at radius 1 is 1.06 bits per heavy atom. The third-order valence-electron chi connectivity index (χ3n) is 4.87. The van der Waals surface area contributed by atoms with Gasteiger partial charge in [0.2, 0.25) is 11.7 Å². The van der Waals surface area contributed by atoms with E-state index < -0.39 is 11.7 Å². The summed E-state index contributed by atoms with van der Waals surface area (Å²) in [4.78, 5) is 34.6. The van der Waals surface area contributed by atoms with Crippen LogP contribution in [0.4, 0.5) is 26.1 Å². The molecule has 3 rings (SSSR count). The lowest BCUT2D eigenvalue weighted by Gasteiger charge is -2.19. The molecule has 0 spiro atoms. The molecule has 0 bridgehead atoms. The van der Waals surface area contributed by atoms with Gasteiger partial charge in [0.25, 0.3) is 0 Å². The minimum Gasteiger partial charge on any atom is -0.339 e. The van der Waals surface area contributed by atoms with Crippen molar-refractivity contribution in [3.05, 3.63) is 47.9 Å². The number of nitrogens with one attached hydrogen (secondary N) is 2. The standard InChI is InChI=1S/C22H26F2N8O/c1-12-7-20(31-21(28-12)22(4,23)24)30-16-8-19(29-14(3)33)27-9-15(16)18-11-25-17(10-26-18)13(2)32(5)6/h7-11,13H,1-6H3,(H2,27,28,29,30,31,33). The highest BCUT2D eigenvalue weighted by atomic mass is 19.3. The van der Waals surface area contributed by atoms with Crippen molar-refractivity contribution in [2.75, 3.05) is 24.7 Å². The Balaban J connectivity index is 2.04. The number of aromatic nitrogens is 5. The van der Waals surface area contributed by atoms with Crippen LogP contribution >= 0.6 is 0 Å². The van der Waals surface area contributed by atoms with Crippen LogP contribution in [0.3, 0.4) is 0 Å². The first-order valence-electron chi connectivity index (χ1n) is 10.2. The maximum Gasteiger partial charge on any atom is 0.303 e. The van der Waals surface area contributed by atoms with E-state index in [0.717, 1.165) is 12.6 Å². The van der Waals surface area contributed by atoms with Crippen molar-refractivity contribution in [2.24, 2.45) is 0 Å². The first kappa shape index (κ1) is 24.1. The number of hydrogen-bond acceptors (Lipinski definition) is 8. The Labute approximate surface area is 190 Å². The molecular formula is C22H26F2N8O. The van der Waals surface area contributed by atoms with Gasteiger partial charge in [0, 0.05) is 43.4 Å².